The first-order valence-electron chi connectivity index (χ1n) is 15.5. The summed E-state index contributed by atoms with van der Waals surface area (Å²) in [6.45, 7) is 3.16. The molecule has 0 radical (unpaired) electrons. The minimum atomic E-state index is -0.735. The maximum absolute atomic E-state index is 13.9. The minimum Gasteiger partial charge on any atom is -0.356 e. The Morgan fingerprint density at radius 3 is 2.24 bits per heavy atom. The van der Waals surface area contributed by atoms with Crippen LogP contribution in [0, 0.1) is 11.8 Å². The molecule has 1 aromatic carbocycles. The fraction of sp³-hybridized carbons (Fsp3) is 0.719. The highest BCUT2D eigenvalue weighted by molar-refractivity contribution is 6.07. The van der Waals surface area contributed by atoms with Gasteiger partial charge in [0.15, 0.2) is 0 Å². The number of carbonyl (C=O) groups is 3. The van der Waals surface area contributed by atoms with Gasteiger partial charge in [0.05, 0.1) is 6.54 Å². The first-order chi connectivity index (χ1) is 18.5. The topological polar surface area (TPSA) is 78.5 Å². The Hall–Kier alpha value is -2.37. The van der Waals surface area contributed by atoms with E-state index in [-0.39, 0.29) is 17.8 Å². The molecule has 2 saturated carbocycles. The summed E-state index contributed by atoms with van der Waals surface area (Å²) in [6, 6.07) is 7.79. The van der Waals surface area contributed by atoms with Crippen molar-refractivity contribution in [3.8, 4) is 0 Å². The Labute approximate surface area is 229 Å². The second kappa shape index (κ2) is 14.1. The Bertz CT molecular complexity index is 918. The monoisotopic (exact) mass is 523 g/mol. The summed E-state index contributed by atoms with van der Waals surface area (Å²) >= 11 is 0. The van der Waals surface area contributed by atoms with Crippen LogP contribution in [0.1, 0.15) is 121 Å². The van der Waals surface area contributed by atoms with E-state index in [4.69, 9.17) is 0 Å². The number of aryl methyl sites for hydroxylation is 1. The molecular weight excluding hydrogens is 474 g/mol. The molecule has 6 nitrogen and oxygen atoms in total. The van der Waals surface area contributed by atoms with E-state index in [1.165, 1.54) is 69.1 Å². The predicted molar refractivity (Wildman–Crippen MR) is 151 cm³/mol. The van der Waals surface area contributed by atoms with Crippen LogP contribution in [0.25, 0.3) is 0 Å². The van der Waals surface area contributed by atoms with E-state index in [0.717, 1.165) is 49.8 Å². The molecule has 0 spiro atoms. The summed E-state index contributed by atoms with van der Waals surface area (Å²) in [5.74, 6) is 1.28. The van der Waals surface area contributed by atoms with Crippen LogP contribution in [-0.4, -0.2) is 34.8 Å². The fourth-order valence-electron chi connectivity index (χ4n) is 6.78. The Morgan fingerprint density at radius 1 is 0.947 bits per heavy atom. The summed E-state index contributed by atoms with van der Waals surface area (Å²) in [4.78, 5) is 40.6. The Balaban J connectivity index is 1.37. The molecule has 210 valence electrons. The van der Waals surface area contributed by atoms with Crippen molar-refractivity contribution < 1.29 is 14.4 Å². The van der Waals surface area contributed by atoms with Crippen molar-refractivity contribution in [1.29, 1.82) is 0 Å². The molecule has 1 heterocycles. The van der Waals surface area contributed by atoms with Gasteiger partial charge < -0.3 is 10.6 Å². The van der Waals surface area contributed by atoms with E-state index in [1.54, 1.807) is 0 Å². The fourth-order valence-corrected chi connectivity index (χ4v) is 6.78. The van der Waals surface area contributed by atoms with Gasteiger partial charge >= 0.3 is 6.03 Å². The number of benzene rings is 1. The predicted octanol–water partition coefficient (Wildman–Crippen LogP) is 6.66. The van der Waals surface area contributed by atoms with Crippen molar-refractivity contribution in [1.82, 2.24) is 15.5 Å². The number of hydrogen-bond acceptors (Lipinski definition) is 3. The number of nitrogens with zero attached hydrogens (tertiary/aromatic N) is 1. The number of nitrogens with one attached hydrogen (secondary N) is 2. The molecule has 2 N–H and O–H groups in total. The van der Waals surface area contributed by atoms with Gasteiger partial charge in [-0.05, 0) is 55.1 Å². The number of rotatable bonds is 13. The van der Waals surface area contributed by atoms with E-state index >= 15 is 0 Å². The van der Waals surface area contributed by atoms with Crippen LogP contribution in [0.4, 0.5) is 4.79 Å². The van der Waals surface area contributed by atoms with Gasteiger partial charge in [-0.25, -0.2) is 4.79 Å². The molecule has 3 aliphatic rings. The Kier molecular flexibility index (Phi) is 10.7. The summed E-state index contributed by atoms with van der Waals surface area (Å²) in [7, 11) is 0. The van der Waals surface area contributed by atoms with Crippen molar-refractivity contribution in [3.63, 3.8) is 0 Å². The highest BCUT2D eigenvalue weighted by Crippen LogP contribution is 2.39. The summed E-state index contributed by atoms with van der Waals surface area (Å²) < 4.78 is 0. The van der Waals surface area contributed by atoms with Crippen LogP contribution in [0.2, 0.25) is 0 Å². The molecule has 0 bridgehead atoms. The maximum Gasteiger partial charge on any atom is 0.325 e. The van der Waals surface area contributed by atoms with Gasteiger partial charge in [-0.3, -0.25) is 14.5 Å². The summed E-state index contributed by atoms with van der Waals surface area (Å²) in [6.07, 6.45) is 18.4. The first-order valence-corrected chi connectivity index (χ1v) is 15.5. The third-order valence-corrected chi connectivity index (χ3v) is 9.17. The number of unbranched alkanes of at least 4 members (excludes halogenated alkanes) is 1. The van der Waals surface area contributed by atoms with Crippen molar-refractivity contribution in [2.45, 2.75) is 128 Å². The van der Waals surface area contributed by atoms with E-state index in [9.17, 15) is 14.4 Å². The van der Waals surface area contributed by atoms with Crippen LogP contribution in [0.15, 0.2) is 24.3 Å². The minimum absolute atomic E-state index is 0.0169. The van der Waals surface area contributed by atoms with Crippen molar-refractivity contribution in [2.75, 3.05) is 6.54 Å². The average molecular weight is 524 g/mol. The third kappa shape index (κ3) is 7.83. The Morgan fingerprint density at radius 2 is 1.58 bits per heavy atom. The molecule has 38 heavy (non-hydrogen) atoms. The van der Waals surface area contributed by atoms with Gasteiger partial charge in [0, 0.05) is 13.0 Å². The highest BCUT2D eigenvalue weighted by atomic mass is 16.2. The third-order valence-electron chi connectivity index (χ3n) is 9.17. The van der Waals surface area contributed by atoms with Gasteiger partial charge in [0.1, 0.15) is 5.54 Å². The lowest BCUT2D eigenvalue weighted by Crippen LogP contribution is -2.49. The van der Waals surface area contributed by atoms with Crippen molar-refractivity contribution in [3.05, 3.63) is 35.4 Å². The first kappa shape index (κ1) is 28.6. The zero-order valence-electron chi connectivity index (χ0n) is 23.6. The lowest BCUT2D eigenvalue weighted by molar-refractivity contribution is -0.133. The highest BCUT2D eigenvalue weighted by Gasteiger charge is 2.51. The second-order valence-corrected chi connectivity index (χ2v) is 12.2. The number of amides is 4. The molecule has 1 saturated heterocycles. The molecule has 4 amide bonds. The van der Waals surface area contributed by atoms with Crippen LogP contribution < -0.4 is 10.6 Å². The van der Waals surface area contributed by atoms with Crippen LogP contribution in [0.5, 0.6) is 0 Å². The molecular formula is C32H49N3O3. The molecule has 2 aliphatic carbocycles. The molecule has 6 heteroatoms. The maximum atomic E-state index is 13.9. The smallest absolute Gasteiger partial charge is 0.325 e. The molecule has 1 unspecified atom stereocenters. The quantitative estimate of drug-likeness (QED) is 0.224. The van der Waals surface area contributed by atoms with E-state index in [1.807, 2.05) is 24.3 Å². The molecule has 0 aromatic heterocycles. The second-order valence-electron chi connectivity index (χ2n) is 12.2. The van der Waals surface area contributed by atoms with Crippen LogP contribution in [-0.2, 0) is 22.6 Å². The van der Waals surface area contributed by atoms with E-state index < -0.39 is 5.54 Å². The molecule has 4 rings (SSSR count). The molecule has 3 fully saturated rings. The van der Waals surface area contributed by atoms with E-state index in [0.29, 0.717) is 31.2 Å². The average Bonchev–Trinajstić information content (AvgIpc) is 3.17. The number of carbonyl (C=O) groups excluding carboxylic acids is 3. The van der Waals surface area contributed by atoms with Gasteiger partial charge in [-0.1, -0.05) is 102 Å². The molecule has 1 atom stereocenters. The van der Waals surface area contributed by atoms with Crippen molar-refractivity contribution >= 4 is 17.8 Å². The molecule has 1 aliphatic heterocycles. The largest absolute Gasteiger partial charge is 0.356 e. The number of imide groups is 1. The van der Waals surface area contributed by atoms with Gasteiger partial charge in [-0.15, -0.1) is 0 Å². The lowest BCUT2D eigenvalue weighted by atomic mass is 9.75. The van der Waals surface area contributed by atoms with Gasteiger partial charge in [0.25, 0.3) is 5.91 Å². The van der Waals surface area contributed by atoms with E-state index in [2.05, 4.69) is 17.6 Å². The van der Waals surface area contributed by atoms with Gasteiger partial charge in [0.2, 0.25) is 5.91 Å². The number of urea groups is 1. The lowest BCUT2D eigenvalue weighted by Gasteiger charge is -2.34. The van der Waals surface area contributed by atoms with Crippen molar-refractivity contribution in [2.24, 2.45) is 11.8 Å². The zero-order valence-corrected chi connectivity index (χ0v) is 23.6. The molecule has 1 aromatic rings. The zero-order chi connectivity index (χ0) is 26.8. The van der Waals surface area contributed by atoms with Gasteiger partial charge in [-0.2, -0.15) is 0 Å². The number of hydrogen-bond donors (Lipinski definition) is 2. The normalized spacial score (nSPS) is 23.0. The van der Waals surface area contributed by atoms with Crippen LogP contribution in [0.3, 0.4) is 0 Å². The summed E-state index contributed by atoms with van der Waals surface area (Å²) in [5, 5.41) is 6.20. The van der Waals surface area contributed by atoms with Crippen LogP contribution >= 0.6 is 0 Å². The summed E-state index contributed by atoms with van der Waals surface area (Å²) in [5.41, 5.74) is 1.31. The SMILES string of the molecule is CCCCNC(=O)CCc1ccc(CN2C(=O)NC(CCC3CCCCC3)(CC3CCCCC3)C2=O)cc1. The standard InChI is InChI=1S/C32H49N3O3/c1-2-3-22-33-29(36)19-18-26-14-16-28(17-15-26)24-35-30(37)32(34-31(35)38,23-27-12-8-5-9-13-27)21-20-25-10-6-4-7-11-25/h14-17,25,27H,2-13,18-24H2,1H3,(H,33,36)(H,34,38).